The van der Waals surface area contributed by atoms with Gasteiger partial charge in [-0.2, -0.15) is 5.10 Å². The number of rotatable bonds is 6. The first-order valence-corrected chi connectivity index (χ1v) is 7.84. The lowest BCUT2D eigenvalue weighted by Gasteiger charge is -2.07. The summed E-state index contributed by atoms with van der Waals surface area (Å²) in [6, 6.07) is 16.5. The van der Waals surface area contributed by atoms with E-state index >= 15 is 0 Å². The van der Waals surface area contributed by atoms with Gasteiger partial charge in [-0.1, -0.05) is 30.3 Å². The Morgan fingerprint density at radius 1 is 1.08 bits per heavy atom. The van der Waals surface area contributed by atoms with Crippen LogP contribution in [-0.4, -0.2) is 35.4 Å². The van der Waals surface area contributed by atoms with Crippen molar-refractivity contribution in [1.29, 1.82) is 0 Å². The molecule has 26 heavy (non-hydrogen) atoms. The molecular weight excluding hydrogens is 334 g/mol. The zero-order valence-electron chi connectivity index (χ0n) is 14.1. The average molecular weight is 351 g/mol. The molecule has 0 spiro atoms. The third kappa shape index (κ3) is 3.56. The molecule has 0 fully saturated rings. The Bertz CT molecular complexity index is 935. The molecule has 3 aromatic rings. The first-order chi connectivity index (χ1) is 12.6. The lowest BCUT2D eigenvalue weighted by atomic mass is 10.1. The van der Waals surface area contributed by atoms with Crippen LogP contribution in [0.25, 0.3) is 16.9 Å². The number of methoxy groups -OCH3 is 1. The molecule has 0 aliphatic heterocycles. The van der Waals surface area contributed by atoms with Gasteiger partial charge in [0.05, 0.1) is 12.8 Å². The molecule has 1 amide bonds. The number of nitrogens with two attached hydrogens (primary N) is 1. The molecule has 0 unspecified atom stereocenters. The van der Waals surface area contributed by atoms with Gasteiger partial charge in [0.2, 0.25) is 0 Å². The van der Waals surface area contributed by atoms with E-state index in [9.17, 15) is 9.59 Å². The van der Waals surface area contributed by atoms with E-state index in [1.54, 1.807) is 23.0 Å². The highest BCUT2D eigenvalue weighted by atomic mass is 16.5. The fourth-order valence-electron chi connectivity index (χ4n) is 2.49. The van der Waals surface area contributed by atoms with E-state index in [0.717, 1.165) is 5.69 Å². The molecule has 2 aromatic carbocycles. The summed E-state index contributed by atoms with van der Waals surface area (Å²) in [5.74, 6) is -0.853. The smallest absolute Gasteiger partial charge is 0.342 e. The maximum absolute atomic E-state index is 12.5. The Morgan fingerprint density at radius 3 is 2.46 bits per heavy atom. The van der Waals surface area contributed by atoms with Gasteiger partial charge in [0.15, 0.2) is 6.61 Å². The quantitative estimate of drug-likeness (QED) is 0.687. The van der Waals surface area contributed by atoms with E-state index in [1.807, 2.05) is 42.5 Å². The second-order valence-electron chi connectivity index (χ2n) is 5.41. The van der Waals surface area contributed by atoms with E-state index < -0.39 is 18.5 Å². The van der Waals surface area contributed by atoms with Gasteiger partial charge in [-0.25, -0.2) is 9.48 Å². The maximum Gasteiger partial charge on any atom is 0.342 e. The first kappa shape index (κ1) is 17.2. The predicted molar refractivity (Wildman–Crippen MR) is 95.0 cm³/mol. The van der Waals surface area contributed by atoms with E-state index in [2.05, 4.69) is 5.10 Å². The summed E-state index contributed by atoms with van der Waals surface area (Å²) in [5.41, 5.74) is 7.06. The first-order valence-electron chi connectivity index (χ1n) is 7.84. The fourth-order valence-corrected chi connectivity index (χ4v) is 2.49. The molecule has 1 heterocycles. The predicted octanol–water partition coefficient (Wildman–Crippen LogP) is 2.19. The average Bonchev–Trinajstić information content (AvgIpc) is 3.12. The summed E-state index contributed by atoms with van der Waals surface area (Å²) >= 11 is 0. The van der Waals surface area contributed by atoms with Gasteiger partial charge in [-0.3, -0.25) is 4.79 Å². The number of esters is 1. The van der Waals surface area contributed by atoms with Gasteiger partial charge >= 0.3 is 5.97 Å². The third-order valence-electron chi connectivity index (χ3n) is 3.66. The van der Waals surface area contributed by atoms with Crippen molar-refractivity contribution in [1.82, 2.24) is 9.78 Å². The minimum Gasteiger partial charge on any atom is -0.496 e. The minimum atomic E-state index is -0.729. The monoisotopic (exact) mass is 351 g/mol. The topological polar surface area (TPSA) is 96.4 Å². The lowest BCUT2D eigenvalue weighted by molar-refractivity contribution is -0.121. The Hall–Kier alpha value is -3.61. The van der Waals surface area contributed by atoms with Crippen LogP contribution in [0, 0.1) is 0 Å². The number of primary amides is 1. The van der Waals surface area contributed by atoms with E-state index in [1.165, 1.54) is 7.11 Å². The van der Waals surface area contributed by atoms with Crippen molar-refractivity contribution >= 4 is 11.9 Å². The van der Waals surface area contributed by atoms with E-state index in [-0.39, 0.29) is 5.56 Å². The van der Waals surface area contributed by atoms with E-state index in [0.29, 0.717) is 17.0 Å². The van der Waals surface area contributed by atoms with Crippen LogP contribution in [0.1, 0.15) is 10.4 Å². The van der Waals surface area contributed by atoms with Crippen LogP contribution in [0.3, 0.4) is 0 Å². The van der Waals surface area contributed by atoms with Crippen molar-refractivity contribution in [3.63, 3.8) is 0 Å². The van der Waals surface area contributed by atoms with Crippen molar-refractivity contribution in [2.45, 2.75) is 0 Å². The van der Waals surface area contributed by atoms with Crippen LogP contribution in [0.4, 0.5) is 0 Å². The summed E-state index contributed by atoms with van der Waals surface area (Å²) in [6.45, 7) is -0.499. The Kier molecular flexibility index (Phi) is 4.98. The molecule has 3 rings (SSSR count). The number of hydrogen-bond acceptors (Lipinski definition) is 5. The number of carbonyl (C=O) groups is 2. The molecule has 2 N–H and O–H groups in total. The Morgan fingerprint density at radius 2 is 1.77 bits per heavy atom. The van der Waals surface area contributed by atoms with Gasteiger partial charge in [0.1, 0.15) is 17.0 Å². The standard InChI is InChI=1S/C19H17N3O4/c1-25-16-10-6-5-9-14(16)18-15(19(24)26-12-17(20)23)11-22(21-18)13-7-3-2-4-8-13/h2-11H,12H2,1H3,(H2,20,23). The number of hydrogen-bond donors (Lipinski definition) is 1. The van der Waals surface area contributed by atoms with Gasteiger partial charge in [-0.15, -0.1) is 0 Å². The number of para-hydroxylation sites is 2. The number of ether oxygens (including phenoxy) is 2. The molecule has 0 aliphatic rings. The van der Waals surface area contributed by atoms with Crippen LogP contribution in [0.15, 0.2) is 60.8 Å². The summed E-state index contributed by atoms with van der Waals surface area (Å²) in [4.78, 5) is 23.4. The number of nitrogens with zero attached hydrogens (tertiary/aromatic N) is 2. The van der Waals surface area contributed by atoms with Crippen molar-refractivity contribution < 1.29 is 19.1 Å². The SMILES string of the molecule is COc1ccccc1-c1nn(-c2ccccc2)cc1C(=O)OCC(N)=O. The molecule has 0 atom stereocenters. The number of benzene rings is 2. The summed E-state index contributed by atoms with van der Waals surface area (Å²) in [7, 11) is 1.54. The van der Waals surface area contributed by atoms with Gasteiger partial charge in [0.25, 0.3) is 5.91 Å². The largest absolute Gasteiger partial charge is 0.496 e. The number of carbonyl (C=O) groups excluding carboxylic acids is 2. The zero-order chi connectivity index (χ0) is 18.5. The van der Waals surface area contributed by atoms with Crippen LogP contribution < -0.4 is 10.5 Å². The highest BCUT2D eigenvalue weighted by Gasteiger charge is 2.22. The molecule has 132 valence electrons. The zero-order valence-corrected chi connectivity index (χ0v) is 14.1. The number of amides is 1. The normalized spacial score (nSPS) is 10.3. The van der Waals surface area contributed by atoms with Gasteiger partial charge < -0.3 is 15.2 Å². The molecule has 7 nitrogen and oxygen atoms in total. The van der Waals surface area contributed by atoms with Crippen LogP contribution in [0.5, 0.6) is 5.75 Å². The molecule has 7 heteroatoms. The molecular formula is C19H17N3O4. The fraction of sp³-hybridized carbons (Fsp3) is 0.105. The third-order valence-corrected chi connectivity index (χ3v) is 3.66. The second-order valence-corrected chi connectivity index (χ2v) is 5.41. The number of aromatic nitrogens is 2. The molecule has 1 aromatic heterocycles. The van der Waals surface area contributed by atoms with Crippen molar-refractivity contribution in [3.8, 4) is 22.7 Å². The van der Waals surface area contributed by atoms with Crippen LogP contribution in [-0.2, 0) is 9.53 Å². The van der Waals surface area contributed by atoms with Gasteiger partial charge in [-0.05, 0) is 24.3 Å². The highest BCUT2D eigenvalue weighted by Crippen LogP contribution is 2.32. The Labute approximate surface area is 150 Å². The van der Waals surface area contributed by atoms with Crippen LogP contribution in [0.2, 0.25) is 0 Å². The second kappa shape index (κ2) is 7.52. The highest BCUT2D eigenvalue weighted by molar-refractivity contribution is 5.97. The van der Waals surface area contributed by atoms with E-state index in [4.69, 9.17) is 15.2 Å². The van der Waals surface area contributed by atoms with Crippen molar-refractivity contribution in [3.05, 3.63) is 66.4 Å². The summed E-state index contributed by atoms with van der Waals surface area (Å²) < 4.78 is 11.9. The maximum atomic E-state index is 12.5. The summed E-state index contributed by atoms with van der Waals surface area (Å²) in [6.07, 6.45) is 1.56. The summed E-state index contributed by atoms with van der Waals surface area (Å²) in [5, 5.41) is 4.53. The minimum absolute atomic E-state index is 0.208. The molecule has 0 radical (unpaired) electrons. The van der Waals surface area contributed by atoms with Crippen LogP contribution >= 0.6 is 0 Å². The van der Waals surface area contributed by atoms with Crippen molar-refractivity contribution in [2.75, 3.05) is 13.7 Å². The molecule has 0 saturated heterocycles. The molecule has 0 aliphatic carbocycles. The van der Waals surface area contributed by atoms with Gasteiger partial charge in [0, 0.05) is 11.8 Å². The Balaban J connectivity index is 2.10. The van der Waals surface area contributed by atoms with Crippen molar-refractivity contribution in [2.24, 2.45) is 5.73 Å². The molecule has 0 saturated carbocycles. The molecule has 0 bridgehead atoms. The lowest BCUT2D eigenvalue weighted by Crippen LogP contribution is -2.21.